The van der Waals surface area contributed by atoms with E-state index >= 15 is 0 Å². The normalized spacial score (nSPS) is 13.6. The molecule has 0 amide bonds. The third-order valence-corrected chi connectivity index (χ3v) is 6.58. The van der Waals surface area contributed by atoms with Crippen LogP contribution in [0.2, 0.25) is 5.02 Å². The summed E-state index contributed by atoms with van der Waals surface area (Å²) in [5.74, 6) is 0.828. The van der Waals surface area contributed by atoms with Crippen LogP contribution in [0, 0.1) is 5.82 Å². The van der Waals surface area contributed by atoms with Crippen LogP contribution in [0.1, 0.15) is 11.1 Å². The summed E-state index contributed by atoms with van der Waals surface area (Å²) in [5, 5.41) is 3.78. The van der Waals surface area contributed by atoms with E-state index in [0.717, 1.165) is 42.0 Å². The van der Waals surface area contributed by atoms with Crippen LogP contribution in [0.25, 0.3) is 0 Å². The van der Waals surface area contributed by atoms with Gasteiger partial charge in [-0.2, -0.15) is 0 Å². The molecular weight excluding hydrogens is 511 g/mol. The van der Waals surface area contributed by atoms with Crippen LogP contribution < -0.4 is 19.7 Å². The molecule has 174 valence electrons. The van der Waals surface area contributed by atoms with Crippen molar-refractivity contribution < 1.29 is 18.6 Å². The summed E-state index contributed by atoms with van der Waals surface area (Å²) in [4.78, 5) is 2.32. The highest BCUT2D eigenvalue weighted by Crippen LogP contribution is 2.37. The van der Waals surface area contributed by atoms with Crippen molar-refractivity contribution in [2.75, 3.05) is 43.6 Å². The molecule has 3 aromatic rings. The van der Waals surface area contributed by atoms with Crippen LogP contribution >= 0.6 is 27.5 Å². The van der Waals surface area contributed by atoms with Crippen LogP contribution in [0.4, 0.5) is 15.8 Å². The number of halogens is 3. The molecule has 1 heterocycles. The minimum atomic E-state index is -0.381. The summed E-state index contributed by atoms with van der Waals surface area (Å²) >= 11 is 9.80. The number of hydrogen-bond donors (Lipinski definition) is 1. The summed E-state index contributed by atoms with van der Waals surface area (Å²) in [5.41, 5.74) is 3.78. The Kier molecular flexibility index (Phi) is 7.96. The van der Waals surface area contributed by atoms with E-state index in [1.165, 1.54) is 17.8 Å². The van der Waals surface area contributed by atoms with E-state index in [-0.39, 0.29) is 12.4 Å². The van der Waals surface area contributed by atoms with Gasteiger partial charge in [-0.05, 0) is 48.5 Å². The first-order valence-electron chi connectivity index (χ1n) is 10.6. The Morgan fingerprint density at radius 2 is 1.85 bits per heavy atom. The Morgan fingerprint density at radius 1 is 1.09 bits per heavy atom. The van der Waals surface area contributed by atoms with E-state index in [1.807, 2.05) is 12.1 Å². The minimum Gasteiger partial charge on any atom is -0.493 e. The zero-order valence-corrected chi connectivity index (χ0v) is 20.6. The van der Waals surface area contributed by atoms with Gasteiger partial charge in [0.25, 0.3) is 0 Å². The smallest absolute Gasteiger partial charge is 0.167 e. The lowest BCUT2D eigenvalue weighted by Crippen LogP contribution is -2.36. The number of rotatable bonds is 8. The van der Waals surface area contributed by atoms with Crippen LogP contribution in [-0.4, -0.2) is 33.4 Å². The zero-order valence-electron chi connectivity index (χ0n) is 18.2. The van der Waals surface area contributed by atoms with Gasteiger partial charge in [-0.1, -0.05) is 33.6 Å². The Bertz CT molecular complexity index is 1090. The number of ether oxygens (including phenoxy) is 3. The molecule has 1 aliphatic heterocycles. The fraction of sp³-hybridized carbons (Fsp3) is 0.280. The summed E-state index contributed by atoms with van der Waals surface area (Å²) in [7, 11) is 1.60. The SMILES string of the molecule is COc1ccc(Br)c(CNc2ccc(N3CCOCC3)cc2)c1OCc1ccc(F)cc1Cl. The van der Waals surface area contributed by atoms with Gasteiger partial charge in [0, 0.05) is 46.6 Å². The van der Waals surface area contributed by atoms with Crippen LogP contribution in [0.15, 0.2) is 59.1 Å². The molecule has 0 spiro atoms. The van der Waals surface area contributed by atoms with E-state index in [4.69, 9.17) is 25.8 Å². The van der Waals surface area contributed by atoms with Crippen molar-refractivity contribution in [3.05, 3.63) is 81.0 Å². The van der Waals surface area contributed by atoms with Gasteiger partial charge in [0.1, 0.15) is 12.4 Å². The number of nitrogens with zero attached hydrogens (tertiary/aromatic N) is 1. The maximum atomic E-state index is 13.4. The van der Waals surface area contributed by atoms with Crippen molar-refractivity contribution in [3.8, 4) is 11.5 Å². The molecule has 0 atom stereocenters. The van der Waals surface area contributed by atoms with Gasteiger partial charge in [-0.25, -0.2) is 4.39 Å². The second-order valence-electron chi connectivity index (χ2n) is 7.58. The fourth-order valence-electron chi connectivity index (χ4n) is 3.66. The number of benzene rings is 3. The van der Waals surface area contributed by atoms with E-state index in [9.17, 15) is 4.39 Å². The van der Waals surface area contributed by atoms with Gasteiger partial charge < -0.3 is 24.4 Å². The maximum Gasteiger partial charge on any atom is 0.167 e. The van der Waals surface area contributed by atoms with Crippen molar-refractivity contribution in [1.29, 1.82) is 0 Å². The number of hydrogen-bond acceptors (Lipinski definition) is 5. The van der Waals surface area contributed by atoms with Crippen LogP contribution in [-0.2, 0) is 17.9 Å². The molecule has 1 saturated heterocycles. The lowest BCUT2D eigenvalue weighted by molar-refractivity contribution is 0.122. The molecule has 1 fully saturated rings. The summed E-state index contributed by atoms with van der Waals surface area (Å²) < 4.78 is 31.3. The van der Waals surface area contributed by atoms with E-state index in [1.54, 1.807) is 13.2 Å². The molecule has 8 heteroatoms. The molecule has 4 rings (SSSR count). The molecule has 0 bridgehead atoms. The number of anilines is 2. The fourth-order valence-corrected chi connectivity index (χ4v) is 4.33. The quantitative estimate of drug-likeness (QED) is 0.368. The largest absolute Gasteiger partial charge is 0.493 e. The average Bonchev–Trinajstić information content (AvgIpc) is 2.84. The summed E-state index contributed by atoms with van der Waals surface area (Å²) in [6, 6.07) is 16.4. The lowest BCUT2D eigenvalue weighted by Gasteiger charge is -2.29. The first-order valence-corrected chi connectivity index (χ1v) is 11.8. The Morgan fingerprint density at radius 3 is 2.55 bits per heavy atom. The van der Waals surface area contributed by atoms with Crippen LogP contribution in [0.5, 0.6) is 11.5 Å². The van der Waals surface area contributed by atoms with Crippen LogP contribution in [0.3, 0.4) is 0 Å². The van der Waals surface area contributed by atoms with Gasteiger partial charge in [0.05, 0.1) is 25.3 Å². The molecule has 5 nitrogen and oxygen atoms in total. The molecule has 0 aliphatic carbocycles. The summed E-state index contributed by atoms with van der Waals surface area (Å²) in [6.45, 7) is 4.03. The second kappa shape index (κ2) is 11.1. The predicted molar refractivity (Wildman–Crippen MR) is 133 cm³/mol. The predicted octanol–water partition coefficient (Wildman–Crippen LogP) is 6.28. The number of morpholine rings is 1. The molecule has 0 aromatic heterocycles. The first-order chi connectivity index (χ1) is 16.0. The minimum absolute atomic E-state index is 0.188. The number of nitrogens with one attached hydrogen (secondary N) is 1. The highest BCUT2D eigenvalue weighted by molar-refractivity contribution is 9.10. The van der Waals surface area contributed by atoms with Gasteiger partial charge in [0.2, 0.25) is 0 Å². The molecule has 1 aliphatic rings. The van der Waals surface area contributed by atoms with Gasteiger partial charge in [0.15, 0.2) is 11.5 Å². The third-order valence-electron chi connectivity index (χ3n) is 5.49. The standard InChI is InChI=1S/C25H25BrClFN2O3/c1-31-24-9-8-22(26)21(25(24)33-16-17-2-3-18(28)14-23(17)27)15-29-19-4-6-20(7-5-19)30-10-12-32-13-11-30/h2-9,14,29H,10-13,15-16H2,1H3. The molecule has 0 radical (unpaired) electrons. The Labute approximate surface area is 206 Å². The van der Waals surface area contributed by atoms with Crippen molar-refractivity contribution in [3.63, 3.8) is 0 Å². The number of methoxy groups -OCH3 is 1. The van der Waals surface area contributed by atoms with Crippen molar-refractivity contribution in [2.45, 2.75) is 13.2 Å². The Hall–Kier alpha value is -2.48. The highest BCUT2D eigenvalue weighted by atomic mass is 79.9. The molecule has 3 aromatic carbocycles. The third kappa shape index (κ3) is 5.91. The van der Waals surface area contributed by atoms with Crippen molar-refractivity contribution in [2.24, 2.45) is 0 Å². The van der Waals surface area contributed by atoms with E-state index in [0.29, 0.717) is 28.6 Å². The highest BCUT2D eigenvalue weighted by Gasteiger charge is 2.16. The van der Waals surface area contributed by atoms with Crippen molar-refractivity contribution >= 4 is 38.9 Å². The maximum absolute atomic E-state index is 13.4. The second-order valence-corrected chi connectivity index (χ2v) is 8.84. The average molecular weight is 536 g/mol. The monoisotopic (exact) mass is 534 g/mol. The molecule has 1 N–H and O–H groups in total. The molecule has 0 unspecified atom stereocenters. The molecular formula is C25H25BrClFN2O3. The molecule has 33 heavy (non-hydrogen) atoms. The first kappa shape index (κ1) is 23.7. The van der Waals surface area contributed by atoms with Gasteiger partial charge in [-0.3, -0.25) is 0 Å². The van der Waals surface area contributed by atoms with Gasteiger partial charge >= 0.3 is 0 Å². The van der Waals surface area contributed by atoms with E-state index < -0.39 is 0 Å². The summed E-state index contributed by atoms with van der Waals surface area (Å²) in [6.07, 6.45) is 0. The zero-order chi connectivity index (χ0) is 23.2. The van der Waals surface area contributed by atoms with Gasteiger partial charge in [-0.15, -0.1) is 0 Å². The molecule has 0 saturated carbocycles. The van der Waals surface area contributed by atoms with E-state index in [2.05, 4.69) is 50.4 Å². The topological polar surface area (TPSA) is 43.0 Å². The lowest BCUT2D eigenvalue weighted by atomic mass is 10.1. The Balaban J connectivity index is 1.48. The van der Waals surface area contributed by atoms with Crippen molar-refractivity contribution in [1.82, 2.24) is 0 Å².